The summed E-state index contributed by atoms with van der Waals surface area (Å²) in [6.07, 6.45) is 0. The van der Waals surface area contributed by atoms with Crippen LogP contribution in [-0.4, -0.2) is 25.0 Å². The monoisotopic (exact) mass is 408 g/mol. The first kappa shape index (κ1) is 20.9. The molecular weight excluding hydrogens is 387 g/mol. The van der Waals surface area contributed by atoms with Crippen LogP contribution in [0.15, 0.2) is 78.9 Å². The van der Waals surface area contributed by atoms with Gasteiger partial charge in [-0.05, 0) is 54.1 Å². The minimum absolute atomic E-state index is 0.216. The summed E-state index contributed by atoms with van der Waals surface area (Å²) in [6, 6.07) is 22.1. The number of rotatable bonds is 9. The number of anilines is 1. The van der Waals surface area contributed by atoms with Crippen molar-refractivity contribution in [3.05, 3.63) is 90.2 Å². The molecule has 3 aromatic rings. The van der Waals surface area contributed by atoms with Gasteiger partial charge in [0.25, 0.3) is 5.91 Å². The lowest BCUT2D eigenvalue weighted by atomic mass is 10.2. The van der Waals surface area contributed by atoms with Crippen molar-refractivity contribution in [3.63, 3.8) is 0 Å². The second-order valence-electron chi connectivity index (χ2n) is 6.37. The molecule has 0 radical (unpaired) electrons. The first-order chi connectivity index (χ1) is 14.6. The van der Waals surface area contributed by atoms with Gasteiger partial charge in [-0.15, -0.1) is 0 Å². The van der Waals surface area contributed by atoms with E-state index in [0.717, 1.165) is 5.56 Å². The number of halogens is 1. The summed E-state index contributed by atoms with van der Waals surface area (Å²) in [6.45, 7) is 0.0172. The van der Waals surface area contributed by atoms with E-state index in [9.17, 15) is 14.0 Å². The fourth-order valence-electron chi connectivity index (χ4n) is 2.49. The van der Waals surface area contributed by atoms with Gasteiger partial charge in [-0.3, -0.25) is 9.59 Å². The molecule has 0 aliphatic heterocycles. The van der Waals surface area contributed by atoms with E-state index in [4.69, 9.17) is 9.47 Å². The van der Waals surface area contributed by atoms with Crippen molar-refractivity contribution < 1.29 is 23.5 Å². The summed E-state index contributed by atoms with van der Waals surface area (Å²) >= 11 is 0. The van der Waals surface area contributed by atoms with Gasteiger partial charge in [0.05, 0.1) is 6.54 Å². The van der Waals surface area contributed by atoms with Crippen LogP contribution in [-0.2, 0) is 16.2 Å². The predicted octanol–water partition coefficient (Wildman–Crippen LogP) is 3.54. The summed E-state index contributed by atoms with van der Waals surface area (Å²) in [5.41, 5.74) is 1.51. The van der Waals surface area contributed by atoms with Crippen LogP contribution in [0.4, 0.5) is 10.1 Å². The van der Waals surface area contributed by atoms with E-state index in [1.54, 1.807) is 24.3 Å². The lowest BCUT2D eigenvalue weighted by Crippen LogP contribution is -2.35. The van der Waals surface area contributed by atoms with Gasteiger partial charge in [0.1, 0.15) is 23.9 Å². The molecule has 2 amide bonds. The fraction of sp³-hybridized carbons (Fsp3) is 0.130. The number of amides is 2. The molecule has 6 nitrogen and oxygen atoms in total. The number of hydrogen-bond donors (Lipinski definition) is 2. The molecule has 0 atom stereocenters. The molecule has 154 valence electrons. The molecule has 0 fully saturated rings. The molecule has 30 heavy (non-hydrogen) atoms. The van der Waals surface area contributed by atoms with Crippen molar-refractivity contribution in [2.75, 3.05) is 18.5 Å². The van der Waals surface area contributed by atoms with Crippen molar-refractivity contribution in [1.29, 1.82) is 0 Å². The predicted molar refractivity (Wildman–Crippen MR) is 111 cm³/mol. The number of benzene rings is 3. The van der Waals surface area contributed by atoms with Gasteiger partial charge in [-0.2, -0.15) is 0 Å². The van der Waals surface area contributed by atoms with Gasteiger partial charge in [0, 0.05) is 5.69 Å². The molecule has 3 rings (SSSR count). The van der Waals surface area contributed by atoms with E-state index >= 15 is 0 Å². The summed E-state index contributed by atoms with van der Waals surface area (Å²) in [7, 11) is 0. The highest BCUT2D eigenvalue weighted by Gasteiger charge is 2.07. The SMILES string of the molecule is O=C(COc1ccc(OCc2ccccc2)cc1)NCC(=O)Nc1ccc(F)cc1. The Bertz CT molecular complexity index is 961. The second-order valence-corrected chi connectivity index (χ2v) is 6.37. The van der Waals surface area contributed by atoms with Crippen LogP contribution < -0.4 is 20.1 Å². The van der Waals surface area contributed by atoms with Crippen molar-refractivity contribution in [2.45, 2.75) is 6.61 Å². The van der Waals surface area contributed by atoms with Crippen molar-refractivity contribution in [2.24, 2.45) is 0 Å². The quantitative estimate of drug-likeness (QED) is 0.568. The molecule has 0 saturated carbocycles. The standard InChI is InChI=1S/C23H21FN2O4/c24-18-6-8-19(9-7-18)26-22(27)14-25-23(28)16-30-21-12-10-20(11-13-21)29-15-17-4-2-1-3-5-17/h1-13H,14-16H2,(H,25,28)(H,26,27). The Morgan fingerprint density at radius 1 is 0.767 bits per heavy atom. The maximum absolute atomic E-state index is 12.8. The molecule has 2 N–H and O–H groups in total. The van der Waals surface area contributed by atoms with E-state index in [1.165, 1.54) is 24.3 Å². The molecule has 0 saturated heterocycles. The number of hydrogen-bond acceptors (Lipinski definition) is 4. The minimum Gasteiger partial charge on any atom is -0.489 e. The zero-order chi connectivity index (χ0) is 21.2. The lowest BCUT2D eigenvalue weighted by Gasteiger charge is -2.10. The normalized spacial score (nSPS) is 10.2. The van der Waals surface area contributed by atoms with Crippen molar-refractivity contribution in [3.8, 4) is 11.5 Å². The Morgan fingerprint density at radius 3 is 2.07 bits per heavy atom. The Balaban J connectivity index is 1.35. The molecule has 0 aliphatic rings. The zero-order valence-corrected chi connectivity index (χ0v) is 16.1. The van der Waals surface area contributed by atoms with Crippen molar-refractivity contribution >= 4 is 17.5 Å². The summed E-state index contributed by atoms with van der Waals surface area (Å²) < 4.78 is 23.9. The van der Waals surface area contributed by atoms with E-state index in [0.29, 0.717) is 23.8 Å². The summed E-state index contributed by atoms with van der Waals surface area (Å²) in [5, 5.41) is 5.01. The first-order valence-electron chi connectivity index (χ1n) is 9.30. The third kappa shape index (κ3) is 6.94. The van der Waals surface area contributed by atoms with Crippen LogP contribution in [0, 0.1) is 5.82 Å². The van der Waals surface area contributed by atoms with Crippen LogP contribution in [0.5, 0.6) is 11.5 Å². The molecule has 0 heterocycles. The molecule has 0 aromatic heterocycles. The van der Waals surface area contributed by atoms with Crippen LogP contribution in [0.1, 0.15) is 5.56 Å². The number of carbonyl (C=O) groups excluding carboxylic acids is 2. The first-order valence-corrected chi connectivity index (χ1v) is 9.30. The van der Waals surface area contributed by atoms with Gasteiger partial charge < -0.3 is 20.1 Å². The van der Waals surface area contributed by atoms with E-state index < -0.39 is 17.6 Å². The third-order valence-electron chi connectivity index (χ3n) is 4.02. The highest BCUT2D eigenvalue weighted by molar-refractivity contribution is 5.94. The van der Waals surface area contributed by atoms with Crippen LogP contribution >= 0.6 is 0 Å². The topological polar surface area (TPSA) is 76.7 Å². The highest BCUT2D eigenvalue weighted by Crippen LogP contribution is 2.18. The van der Waals surface area contributed by atoms with Gasteiger partial charge in [0.15, 0.2) is 6.61 Å². The lowest BCUT2D eigenvalue weighted by molar-refractivity contribution is -0.125. The molecule has 0 aliphatic carbocycles. The largest absolute Gasteiger partial charge is 0.489 e. The van der Waals surface area contributed by atoms with Crippen LogP contribution in [0.3, 0.4) is 0 Å². The van der Waals surface area contributed by atoms with E-state index in [2.05, 4.69) is 10.6 Å². The maximum atomic E-state index is 12.8. The Hall–Kier alpha value is -3.87. The fourth-order valence-corrected chi connectivity index (χ4v) is 2.49. The molecular formula is C23H21FN2O4. The second kappa shape index (κ2) is 10.6. The summed E-state index contributed by atoms with van der Waals surface area (Å²) in [4.78, 5) is 23.7. The van der Waals surface area contributed by atoms with Crippen molar-refractivity contribution in [1.82, 2.24) is 5.32 Å². The van der Waals surface area contributed by atoms with E-state index in [-0.39, 0.29) is 13.2 Å². The average Bonchev–Trinajstić information content (AvgIpc) is 2.78. The molecule has 0 unspecified atom stereocenters. The van der Waals surface area contributed by atoms with Crippen LogP contribution in [0.2, 0.25) is 0 Å². The zero-order valence-electron chi connectivity index (χ0n) is 16.1. The van der Waals surface area contributed by atoms with E-state index in [1.807, 2.05) is 30.3 Å². The molecule has 7 heteroatoms. The average molecular weight is 408 g/mol. The van der Waals surface area contributed by atoms with Gasteiger partial charge in [-0.25, -0.2) is 4.39 Å². The molecule has 0 bridgehead atoms. The molecule has 3 aromatic carbocycles. The number of ether oxygens (including phenoxy) is 2. The van der Waals surface area contributed by atoms with Crippen LogP contribution in [0.25, 0.3) is 0 Å². The Labute approximate surface area is 173 Å². The van der Waals surface area contributed by atoms with Gasteiger partial charge >= 0.3 is 0 Å². The number of nitrogens with one attached hydrogen (secondary N) is 2. The van der Waals surface area contributed by atoms with Gasteiger partial charge in [0.2, 0.25) is 5.91 Å². The Kier molecular flexibility index (Phi) is 7.38. The highest BCUT2D eigenvalue weighted by atomic mass is 19.1. The third-order valence-corrected chi connectivity index (χ3v) is 4.02. The molecule has 0 spiro atoms. The smallest absolute Gasteiger partial charge is 0.258 e. The Morgan fingerprint density at radius 2 is 1.40 bits per heavy atom. The van der Waals surface area contributed by atoms with Gasteiger partial charge in [-0.1, -0.05) is 30.3 Å². The number of carbonyl (C=O) groups is 2. The minimum atomic E-state index is -0.436. The summed E-state index contributed by atoms with van der Waals surface area (Å²) in [5.74, 6) is -0.0566. The maximum Gasteiger partial charge on any atom is 0.258 e.